The second kappa shape index (κ2) is 6.91. The normalized spacial score (nSPS) is 12.1. The van der Waals surface area contributed by atoms with Gasteiger partial charge in [-0.15, -0.1) is 0 Å². The third kappa shape index (κ3) is 4.44. The quantitative estimate of drug-likeness (QED) is 0.757. The summed E-state index contributed by atoms with van der Waals surface area (Å²) in [6, 6.07) is 7.01. The number of carboxylic acid groups (broad SMARTS) is 1. The van der Waals surface area contributed by atoms with E-state index in [9.17, 15) is 4.79 Å². The molecule has 4 nitrogen and oxygen atoms in total. The molecule has 0 radical (unpaired) electrons. The van der Waals surface area contributed by atoms with Crippen molar-refractivity contribution in [2.45, 2.75) is 25.8 Å². The highest BCUT2D eigenvalue weighted by atomic mass is 16.5. The van der Waals surface area contributed by atoms with E-state index in [-0.39, 0.29) is 0 Å². The van der Waals surface area contributed by atoms with Crippen LogP contribution in [0.25, 0.3) is 0 Å². The monoisotopic (exact) mass is 237 g/mol. The van der Waals surface area contributed by atoms with Crippen molar-refractivity contribution >= 4 is 5.97 Å². The average Bonchev–Trinajstić information content (AvgIpc) is 2.34. The number of rotatable bonds is 7. The summed E-state index contributed by atoms with van der Waals surface area (Å²) in [5.74, 6) is -0.00857. The van der Waals surface area contributed by atoms with Gasteiger partial charge in [-0.05, 0) is 37.6 Å². The first-order valence-electron chi connectivity index (χ1n) is 5.79. The van der Waals surface area contributed by atoms with Gasteiger partial charge in [0.2, 0.25) is 0 Å². The van der Waals surface area contributed by atoms with Crippen molar-refractivity contribution < 1.29 is 14.6 Å². The molecule has 0 spiro atoms. The van der Waals surface area contributed by atoms with E-state index in [0.29, 0.717) is 13.0 Å². The van der Waals surface area contributed by atoms with Crippen LogP contribution < -0.4 is 10.1 Å². The summed E-state index contributed by atoms with van der Waals surface area (Å²) in [6.45, 7) is 2.76. The molecule has 1 aromatic rings. The van der Waals surface area contributed by atoms with Gasteiger partial charge in [0.1, 0.15) is 11.8 Å². The SMILES string of the molecule is CCCOc1ccc(C[C@H](NC)C(=O)O)cc1. The van der Waals surface area contributed by atoms with Crippen LogP contribution in [0.1, 0.15) is 18.9 Å². The summed E-state index contributed by atoms with van der Waals surface area (Å²) in [4.78, 5) is 10.9. The van der Waals surface area contributed by atoms with Crippen molar-refractivity contribution in [2.24, 2.45) is 0 Å². The maximum atomic E-state index is 10.9. The van der Waals surface area contributed by atoms with Crippen LogP contribution in [0.2, 0.25) is 0 Å². The Hall–Kier alpha value is -1.55. The number of carboxylic acids is 1. The number of benzene rings is 1. The van der Waals surface area contributed by atoms with Gasteiger partial charge in [0, 0.05) is 0 Å². The fourth-order valence-corrected chi connectivity index (χ4v) is 1.49. The highest BCUT2D eigenvalue weighted by Crippen LogP contribution is 2.13. The van der Waals surface area contributed by atoms with E-state index >= 15 is 0 Å². The second-order valence-corrected chi connectivity index (χ2v) is 3.88. The molecule has 0 unspecified atom stereocenters. The fourth-order valence-electron chi connectivity index (χ4n) is 1.49. The van der Waals surface area contributed by atoms with E-state index in [1.165, 1.54) is 0 Å². The summed E-state index contributed by atoms with van der Waals surface area (Å²) < 4.78 is 5.46. The van der Waals surface area contributed by atoms with E-state index < -0.39 is 12.0 Å². The van der Waals surface area contributed by atoms with Gasteiger partial charge in [-0.3, -0.25) is 4.79 Å². The summed E-state index contributed by atoms with van der Waals surface area (Å²) in [6.07, 6.45) is 1.45. The summed E-state index contributed by atoms with van der Waals surface area (Å²) in [5, 5.41) is 11.7. The topological polar surface area (TPSA) is 58.6 Å². The lowest BCUT2D eigenvalue weighted by molar-refractivity contribution is -0.139. The first-order valence-corrected chi connectivity index (χ1v) is 5.79. The highest BCUT2D eigenvalue weighted by Gasteiger charge is 2.14. The highest BCUT2D eigenvalue weighted by molar-refractivity contribution is 5.73. The average molecular weight is 237 g/mol. The van der Waals surface area contributed by atoms with Crippen molar-refractivity contribution in [1.82, 2.24) is 5.32 Å². The number of likely N-dealkylation sites (N-methyl/N-ethyl adjacent to an activating group) is 1. The largest absolute Gasteiger partial charge is 0.494 e. The molecule has 0 amide bonds. The Morgan fingerprint density at radius 2 is 2.06 bits per heavy atom. The van der Waals surface area contributed by atoms with Gasteiger partial charge >= 0.3 is 5.97 Å². The Bertz CT molecular complexity index is 348. The number of ether oxygens (including phenoxy) is 1. The van der Waals surface area contributed by atoms with Crippen molar-refractivity contribution in [3.63, 3.8) is 0 Å². The molecule has 2 N–H and O–H groups in total. The molecule has 1 aromatic carbocycles. The third-order valence-electron chi connectivity index (χ3n) is 2.48. The third-order valence-corrected chi connectivity index (χ3v) is 2.48. The zero-order chi connectivity index (χ0) is 12.7. The molecule has 17 heavy (non-hydrogen) atoms. The molecule has 0 aliphatic rings. The van der Waals surface area contributed by atoms with E-state index in [1.54, 1.807) is 7.05 Å². The minimum atomic E-state index is -0.834. The Balaban J connectivity index is 2.58. The van der Waals surface area contributed by atoms with Crippen LogP contribution in [-0.4, -0.2) is 30.8 Å². The van der Waals surface area contributed by atoms with Crippen LogP contribution in [0, 0.1) is 0 Å². The van der Waals surface area contributed by atoms with Gasteiger partial charge in [0.25, 0.3) is 0 Å². The molecule has 0 aliphatic carbocycles. The molecule has 0 fully saturated rings. The predicted molar refractivity (Wildman–Crippen MR) is 66.4 cm³/mol. The van der Waals surface area contributed by atoms with Crippen LogP contribution in [-0.2, 0) is 11.2 Å². The molecule has 0 aromatic heterocycles. The maximum Gasteiger partial charge on any atom is 0.321 e. The molecule has 0 saturated heterocycles. The van der Waals surface area contributed by atoms with E-state index in [0.717, 1.165) is 17.7 Å². The Labute approximate surface area is 102 Å². The van der Waals surface area contributed by atoms with Crippen molar-refractivity contribution in [2.75, 3.05) is 13.7 Å². The molecule has 0 bridgehead atoms. The zero-order valence-corrected chi connectivity index (χ0v) is 10.3. The maximum absolute atomic E-state index is 10.9. The molecular formula is C13H19NO3. The molecule has 0 aliphatic heterocycles. The number of nitrogens with one attached hydrogen (secondary N) is 1. The molecular weight excluding hydrogens is 218 g/mol. The van der Waals surface area contributed by atoms with Crippen LogP contribution in [0.15, 0.2) is 24.3 Å². The second-order valence-electron chi connectivity index (χ2n) is 3.88. The van der Waals surface area contributed by atoms with Crippen LogP contribution in [0.5, 0.6) is 5.75 Å². The van der Waals surface area contributed by atoms with E-state index in [2.05, 4.69) is 12.2 Å². The predicted octanol–water partition coefficient (Wildman–Crippen LogP) is 1.69. The van der Waals surface area contributed by atoms with Gasteiger partial charge in [-0.1, -0.05) is 19.1 Å². The molecule has 1 rings (SSSR count). The van der Waals surface area contributed by atoms with Gasteiger partial charge in [0.15, 0.2) is 0 Å². The number of aliphatic carboxylic acids is 1. The van der Waals surface area contributed by atoms with Gasteiger partial charge < -0.3 is 15.2 Å². The lowest BCUT2D eigenvalue weighted by Crippen LogP contribution is -2.35. The lowest BCUT2D eigenvalue weighted by atomic mass is 10.1. The zero-order valence-electron chi connectivity index (χ0n) is 10.3. The van der Waals surface area contributed by atoms with Gasteiger partial charge in [-0.2, -0.15) is 0 Å². The molecule has 0 saturated carbocycles. The first-order chi connectivity index (χ1) is 8.17. The van der Waals surface area contributed by atoms with Gasteiger partial charge in [-0.25, -0.2) is 0 Å². The summed E-state index contributed by atoms with van der Waals surface area (Å²) >= 11 is 0. The number of hydrogen-bond donors (Lipinski definition) is 2. The van der Waals surface area contributed by atoms with Crippen molar-refractivity contribution in [3.8, 4) is 5.75 Å². The van der Waals surface area contributed by atoms with E-state index in [4.69, 9.17) is 9.84 Å². The Morgan fingerprint density at radius 3 is 2.53 bits per heavy atom. The minimum absolute atomic E-state index is 0.472. The first kappa shape index (κ1) is 13.5. The molecule has 4 heteroatoms. The lowest BCUT2D eigenvalue weighted by Gasteiger charge is -2.11. The molecule has 94 valence electrons. The molecule has 1 atom stereocenters. The fraction of sp³-hybridized carbons (Fsp3) is 0.462. The van der Waals surface area contributed by atoms with Crippen molar-refractivity contribution in [1.29, 1.82) is 0 Å². The minimum Gasteiger partial charge on any atom is -0.494 e. The Kier molecular flexibility index (Phi) is 5.49. The standard InChI is InChI=1S/C13H19NO3/c1-3-8-17-11-6-4-10(5-7-11)9-12(14-2)13(15)16/h4-7,12,14H,3,8-9H2,1-2H3,(H,15,16)/t12-/m0/s1. The number of carbonyl (C=O) groups is 1. The van der Waals surface area contributed by atoms with Crippen molar-refractivity contribution in [3.05, 3.63) is 29.8 Å². The Morgan fingerprint density at radius 1 is 1.41 bits per heavy atom. The number of hydrogen-bond acceptors (Lipinski definition) is 3. The summed E-state index contributed by atoms with van der Waals surface area (Å²) in [5.41, 5.74) is 0.982. The summed E-state index contributed by atoms with van der Waals surface area (Å²) in [7, 11) is 1.65. The smallest absolute Gasteiger partial charge is 0.321 e. The van der Waals surface area contributed by atoms with Crippen LogP contribution in [0.4, 0.5) is 0 Å². The van der Waals surface area contributed by atoms with Gasteiger partial charge in [0.05, 0.1) is 6.61 Å². The molecule has 0 heterocycles. The van der Waals surface area contributed by atoms with Crippen LogP contribution in [0.3, 0.4) is 0 Å². The van der Waals surface area contributed by atoms with E-state index in [1.807, 2.05) is 24.3 Å². The van der Waals surface area contributed by atoms with Crippen LogP contribution >= 0.6 is 0 Å².